The van der Waals surface area contributed by atoms with E-state index in [1.54, 1.807) is 0 Å². The summed E-state index contributed by atoms with van der Waals surface area (Å²) < 4.78 is 21.2. The van der Waals surface area contributed by atoms with Crippen LogP contribution in [-0.2, 0) is 30.7 Å². The molecule has 0 bridgehead atoms. The van der Waals surface area contributed by atoms with E-state index in [0.29, 0.717) is 0 Å². The van der Waals surface area contributed by atoms with Gasteiger partial charge in [0.1, 0.15) is 0 Å². The van der Waals surface area contributed by atoms with Crippen LogP contribution >= 0.6 is 34.7 Å². The Hall–Kier alpha value is 4.25. The maximum atomic E-state index is 9.32. The van der Waals surface area contributed by atoms with Gasteiger partial charge in [-0.3, -0.25) is 0 Å². The maximum absolute atomic E-state index is 9.32. The van der Waals surface area contributed by atoms with Crippen molar-refractivity contribution >= 4 is 110 Å². The smallest absolute Gasteiger partial charge is 2.00 e. The normalized spacial score (nSPS) is 10.1. The maximum Gasteiger partial charge on any atom is 2.00 e. The van der Waals surface area contributed by atoms with Gasteiger partial charge in [0, 0.05) is 0 Å². The second-order valence-corrected chi connectivity index (χ2v) is 3.42. The summed E-state index contributed by atoms with van der Waals surface area (Å²) in [5.41, 5.74) is 0. The monoisotopic (exact) mass is 488 g/mol. The Morgan fingerprint density at radius 3 is 1.08 bits per heavy atom. The second-order valence-electron chi connectivity index (χ2n) is 0.976. The molecule has 0 aliphatic heterocycles. The number of hydrogen-bond donors (Lipinski definition) is 0. The molecule has 0 saturated heterocycles. The van der Waals surface area contributed by atoms with Crippen LogP contribution in [0.3, 0.4) is 0 Å². The van der Waals surface area contributed by atoms with Crippen molar-refractivity contribution in [1.29, 1.82) is 0 Å². The van der Waals surface area contributed by atoms with Crippen molar-refractivity contribution in [3.8, 4) is 0 Å². The van der Waals surface area contributed by atoms with E-state index >= 15 is 0 Å². The van der Waals surface area contributed by atoms with Gasteiger partial charge < -0.3 is 33.0 Å². The number of phosphoric acid groups is 2. The largest absolute Gasteiger partial charge is 2.00 e. The summed E-state index contributed by atoms with van der Waals surface area (Å²) in [6.45, 7) is 0. The van der Waals surface area contributed by atoms with Crippen molar-refractivity contribution in [2.45, 2.75) is 0 Å². The minimum absolute atomic E-state index is 0. The van der Waals surface area contributed by atoms with Gasteiger partial charge in [0.15, 0.2) is 0 Å². The molecule has 0 fully saturated rings. The molecule has 0 aliphatic carbocycles. The molecule has 0 amide bonds. The standard InChI is InChI=1S/Ag.2Ca.HI.H4O7P2/c;;;;1-8(2,3)7-9(4,5)6/h;;;1H;(H2,1,2,3)(H2,4,5,6)/q+1;2*+2;;/p-5. The molecule has 13 heavy (non-hydrogen) atoms. The fraction of sp³-hybridized carbons (Fsp3) is 0. The van der Waals surface area contributed by atoms with Crippen LogP contribution in [0.5, 0.6) is 0 Å². The molecule has 7 nitrogen and oxygen atoms in total. The van der Waals surface area contributed by atoms with Gasteiger partial charge in [-0.1, -0.05) is 0 Å². The van der Waals surface area contributed by atoms with E-state index < -0.39 is 15.6 Å². The second kappa shape index (κ2) is 12.7. The van der Waals surface area contributed by atoms with Crippen LogP contribution in [0.2, 0.25) is 0 Å². The minimum Gasteiger partial charge on any atom is 2.00 e. The van der Waals surface area contributed by atoms with Crippen LogP contribution in [0, 0.1) is 0 Å². The van der Waals surface area contributed by atoms with E-state index in [1.165, 1.54) is 0 Å². The van der Waals surface area contributed by atoms with E-state index in [1.807, 2.05) is 19.0 Å². The first-order chi connectivity index (χ1) is 4.71. The molecule has 0 N–H and O–H groups in total. The van der Waals surface area contributed by atoms with Gasteiger partial charge in [0.05, 0.1) is 15.6 Å². The Balaban J connectivity index is -0.0000000941. The topological polar surface area (TPSA) is 136 Å². The summed E-state index contributed by atoms with van der Waals surface area (Å²) in [5.74, 6) is 0. The van der Waals surface area contributed by atoms with Crippen molar-refractivity contribution in [3.05, 3.63) is 0 Å². The van der Waals surface area contributed by atoms with Gasteiger partial charge in [-0.25, -0.2) is 0 Å². The van der Waals surface area contributed by atoms with Gasteiger partial charge in [-0.2, -0.15) is 0 Å². The van der Waals surface area contributed by atoms with E-state index in [0.717, 1.165) is 0 Å². The van der Waals surface area contributed by atoms with Gasteiger partial charge >= 0.3 is 112 Å². The first kappa shape index (κ1) is 25.9. The minimum atomic E-state index is -5.68. The summed E-state index contributed by atoms with van der Waals surface area (Å²) >= 11 is 4.88. The molecule has 0 spiro atoms. The Bertz CT molecular complexity index is 165. The third-order valence-corrected chi connectivity index (χ3v) is 1.80. The fourth-order valence-electron chi connectivity index (χ4n) is 0.122. The van der Waals surface area contributed by atoms with Crippen molar-refractivity contribution in [1.82, 2.24) is 0 Å². The van der Waals surface area contributed by atoms with Crippen molar-refractivity contribution in [2.24, 2.45) is 0 Å². The summed E-state index contributed by atoms with van der Waals surface area (Å²) in [7, 11) is -11.4. The van der Waals surface area contributed by atoms with Crippen molar-refractivity contribution in [2.75, 3.05) is 0 Å². The van der Waals surface area contributed by atoms with Gasteiger partial charge in [-0.15, -0.1) is 0 Å². The van der Waals surface area contributed by atoms with Gasteiger partial charge in [0.2, 0.25) is 0 Å². The molecule has 74 valence electrons. The Labute approximate surface area is 157 Å². The summed E-state index contributed by atoms with van der Waals surface area (Å²) in [6, 6.07) is 0. The quantitative estimate of drug-likeness (QED) is 0.227. The number of rotatable bonds is 2. The molecule has 0 unspecified atom stereocenters. The van der Waals surface area contributed by atoms with Crippen LogP contribution in [-0.4, -0.2) is 75.5 Å². The van der Waals surface area contributed by atoms with Crippen LogP contribution in [0.25, 0.3) is 0 Å². The molecule has 0 heterocycles. The zero-order chi connectivity index (χ0) is 9.71. The summed E-state index contributed by atoms with van der Waals surface area (Å²) in [6.07, 6.45) is 0. The molecular weight excluding hydrogens is 489 g/mol. The van der Waals surface area contributed by atoms with E-state index in [9.17, 15) is 28.7 Å². The molecule has 13 heteroatoms. The number of halogens is 1. The molecule has 0 rings (SSSR count). The van der Waals surface area contributed by atoms with Crippen LogP contribution in [0.15, 0.2) is 0 Å². The van der Waals surface area contributed by atoms with Crippen LogP contribution < -0.4 is 19.6 Å². The summed E-state index contributed by atoms with van der Waals surface area (Å²) in [4.78, 5) is 37.3. The first-order valence-electron chi connectivity index (χ1n) is 1.57. The average molecular weight is 489 g/mol. The summed E-state index contributed by atoms with van der Waals surface area (Å²) in [5, 5.41) is 0. The predicted octanol–water partition coefficient (Wildman–Crippen LogP) is -3.22. The fourth-order valence-corrected chi connectivity index (χ4v) is 1.10. The predicted molar refractivity (Wildman–Crippen MR) is 41.8 cm³/mol. The van der Waals surface area contributed by atoms with E-state index in [2.05, 4.69) is 21.6 Å². The first-order valence-corrected chi connectivity index (χ1v) is 8.90. The molecule has 0 atom stereocenters. The van der Waals surface area contributed by atoms with Crippen LogP contribution in [0.1, 0.15) is 0 Å². The molecule has 0 aromatic rings. The molecule has 0 radical (unpaired) electrons. The SMILES string of the molecule is O=P([O-])([O-])OP(=O)([O-])[O-].[Ag][I].[Ca+2].[Ca+2]. The Kier molecular flexibility index (Phi) is 25.3. The molecule has 0 aromatic heterocycles. The van der Waals surface area contributed by atoms with Crippen LogP contribution in [0.4, 0.5) is 0 Å². The van der Waals surface area contributed by atoms with Gasteiger partial charge in [-0.05, 0) is 0 Å². The van der Waals surface area contributed by atoms with Crippen molar-refractivity contribution < 1.29 is 50.3 Å². The molecular formula is AgCa2IO7P2. The van der Waals surface area contributed by atoms with Gasteiger partial charge in [0.25, 0.3) is 0 Å². The Morgan fingerprint density at radius 2 is 1.08 bits per heavy atom. The molecule has 0 aromatic carbocycles. The third-order valence-electron chi connectivity index (χ3n) is 0.200. The average Bonchev–Trinajstić information content (AvgIpc) is 1.60. The zero-order valence-corrected chi connectivity index (χ0v) is 15.7. The molecule has 0 saturated carbocycles. The van der Waals surface area contributed by atoms with Crippen molar-refractivity contribution in [3.63, 3.8) is 0 Å². The third kappa shape index (κ3) is 31.4. The number of hydrogen-bond acceptors (Lipinski definition) is 7. The Morgan fingerprint density at radius 1 is 0.923 bits per heavy atom. The zero-order valence-electron chi connectivity index (χ0n) is 5.85. The van der Waals surface area contributed by atoms with E-state index in [-0.39, 0.29) is 75.5 Å². The van der Waals surface area contributed by atoms with E-state index in [4.69, 9.17) is 0 Å². The molecule has 0 aliphatic rings.